The summed E-state index contributed by atoms with van der Waals surface area (Å²) in [6.07, 6.45) is 1.35. The summed E-state index contributed by atoms with van der Waals surface area (Å²) in [6.45, 7) is 0.122. The number of aryl methyl sites for hydroxylation is 1. The van der Waals surface area contributed by atoms with Crippen molar-refractivity contribution in [2.45, 2.75) is 13.0 Å². The minimum Gasteiger partial charge on any atom is -0.341 e. The Morgan fingerprint density at radius 2 is 2.14 bits per heavy atom. The topological polar surface area (TPSA) is 93.1 Å². The molecule has 1 heterocycles. The van der Waals surface area contributed by atoms with Gasteiger partial charge in [0.05, 0.1) is 17.2 Å². The maximum absolute atomic E-state index is 12.2. The number of aromatic nitrogens is 2. The molecule has 110 valence electrons. The molecule has 0 unspecified atom stereocenters. The van der Waals surface area contributed by atoms with E-state index in [0.29, 0.717) is 15.9 Å². The summed E-state index contributed by atoms with van der Waals surface area (Å²) in [5, 5.41) is 5.22. The number of carbonyl (C=O) groups is 2. The lowest BCUT2D eigenvalue weighted by Gasteiger charge is -2.07. The van der Waals surface area contributed by atoms with E-state index in [0.717, 1.165) is 0 Å². The average Bonchev–Trinajstić information content (AvgIpc) is 2.47. The summed E-state index contributed by atoms with van der Waals surface area (Å²) in [5.74, 6) is -0.479. The third-order valence-corrected chi connectivity index (χ3v) is 3.08. The van der Waals surface area contributed by atoms with Gasteiger partial charge in [0, 0.05) is 25.0 Å². The first-order valence-electron chi connectivity index (χ1n) is 6.17. The van der Waals surface area contributed by atoms with Crippen LogP contribution in [0.3, 0.4) is 0 Å². The number of amides is 3. The molecule has 8 heteroatoms. The molecule has 7 nitrogen and oxygen atoms in total. The lowest BCUT2D eigenvalue weighted by Crippen LogP contribution is -2.38. The Balaban J connectivity index is 2.16. The molecule has 0 saturated heterocycles. The van der Waals surface area contributed by atoms with Crippen LogP contribution in [-0.4, -0.2) is 28.5 Å². The van der Waals surface area contributed by atoms with Crippen molar-refractivity contribution in [1.29, 1.82) is 0 Å². The Kier molecular flexibility index (Phi) is 4.54. The third kappa shape index (κ3) is 3.57. The number of benzene rings is 1. The van der Waals surface area contributed by atoms with Gasteiger partial charge in [0.15, 0.2) is 0 Å². The van der Waals surface area contributed by atoms with E-state index >= 15 is 0 Å². The molecular weight excluding hydrogens is 296 g/mol. The predicted molar refractivity (Wildman–Crippen MR) is 78.2 cm³/mol. The summed E-state index contributed by atoms with van der Waals surface area (Å²) >= 11 is 5.86. The molecule has 2 N–H and O–H groups in total. The Bertz CT molecular complexity index is 757. The molecule has 21 heavy (non-hydrogen) atoms. The van der Waals surface area contributed by atoms with E-state index in [1.165, 1.54) is 24.0 Å². The van der Waals surface area contributed by atoms with Gasteiger partial charge in [-0.1, -0.05) is 11.6 Å². The summed E-state index contributed by atoms with van der Waals surface area (Å²) in [6, 6.07) is 4.25. The van der Waals surface area contributed by atoms with Crippen LogP contribution in [0.1, 0.15) is 6.42 Å². The molecule has 0 bridgehead atoms. The number of imide groups is 1. The van der Waals surface area contributed by atoms with Gasteiger partial charge in [0.1, 0.15) is 0 Å². The van der Waals surface area contributed by atoms with Crippen LogP contribution in [0.5, 0.6) is 0 Å². The van der Waals surface area contributed by atoms with Gasteiger partial charge in [-0.25, -0.2) is 9.78 Å². The van der Waals surface area contributed by atoms with E-state index in [1.807, 2.05) is 0 Å². The highest BCUT2D eigenvalue weighted by Gasteiger charge is 2.09. The molecule has 0 aliphatic carbocycles. The van der Waals surface area contributed by atoms with E-state index in [4.69, 9.17) is 11.6 Å². The monoisotopic (exact) mass is 308 g/mol. The van der Waals surface area contributed by atoms with Crippen molar-refractivity contribution in [1.82, 2.24) is 20.2 Å². The van der Waals surface area contributed by atoms with Crippen LogP contribution >= 0.6 is 11.6 Å². The zero-order valence-corrected chi connectivity index (χ0v) is 12.0. The SMILES string of the molecule is CNC(=O)NC(=O)CCn1cnc2ccc(Cl)cc2c1=O. The van der Waals surface area contributed by atoms with Crippen LogP contribution in [0.2, 0.25) is 5.02 Å². The molecule has 0 atom stereocenters. The fourth-order valence-corrected chi connectivity index (χ4v) is 1.94. The molecular formula is C13H13ClN4O3. The van der Waals surface area contributed by atoms with Crippen molar-refractivity contribution in [3.05, 3.63) is 39.9 Å². The molecule has 0 saturated carbocycles. The van der Waals surface area contributed by atoms with Crippen LogP contribution < -0.4 is 16.2 Å². The quantitative estimate of drug-likeness (QED) is 0.881. The Morgan fingerprint density at radius 3 is 2.86 bits per heavy atom. The number of nitrogens with one attached hydrogen (secondary N) is 2. The molecule has 0 aliphatic rings. The zero-order chi connectivity index (χ0) is 15.4. The van der Waals surface area contributed by atoms with E-state index in [-0.39, 0.29) is 18.5 Å². The van der Waals surface area contributed by atoms with Crippen molar-refractivity contribution < 1.29 is 9.59 Å². The highest BCUT2D eigenvalue weighted by molar-refractivity contribution is 6.31. The Morgan fingerprint density at radius 1 is 1.38 bits per heavy atom. The summed E-state index contributed by atoms with van der Waals surface area (Å²) < 4.78 is 1.31. The first-order chi connectivity index (χ1) is 10.0. The molecule has 1 aromatic heterocycles. The lowest BCUT2D eigenvalue weighted by molar-refractivity contribution is -0.120. The fraction of sp³-hybridized carbons (Fsp3) is 0.231. The standard InChI is InChI=1S/C13H13ClN4O3/c1-15-13(21)17-11(19)4-5-18-7-16-10-3-2-8(14)6-9(10)12(18)20/h2-3,6-7H,4-5H2,1H3,(H2,15,17,19,21). The van der Waals surface area contributed by atoms with Crippen molar-refractivity contribution in [2.24, 2.45) is 0 Å². The third-order valence-electron chi connectivity index (χ3n) is 2.85. The number of urea groups is 1. The fourth-order valence-electron chi connectivity index (χ4n) is 1.76. The second kappa shape index (κ2) is 6.36. The van der Waals surface area contributed by atoms with Crippen molar-refractivity contribution >= 4 is 34.4 Å². The van der Waals surface area contributed by atoms with Gasteiger partial charge in [0.2, 0.25) is 5.91 Å². The molecule has 0 radical (unpaired) electrons. The average molecular weight is 309 g/mol. The lowest BCUT2D eigenvalue weighted by atomic mass is 10.2. The second-order valence-corrected chi connectivity index (χ2v) is 4.72. The normalized spacial score (nSPS) is 10.4. The van der Waals surface area contributed by atoms with Crippen LogP contribution in [0.4, 0.5) is 4.79 Å². The van der Waals surface area contributed by atoms with Crippen molar-refractivity contribution in [2.75, 3.05) is 7.05 Å². The Hall–Kier alpha value is -2.41. The molecule has 0 aliphatic heterocycles. The molecule has 0 spiro atoms. The van der Waals surface area contributed by atoms with E-state index < -0.39 is 11.9 Å². The van der Waals surface area contributed by atoms with E-state index in [9.17, 15) is 14.4 Å². The van der Waals surface area contributed by atoms with Gasteiger partial charge in [-0.2, -0.15) is 0 Å². The zero-order valence-electron chi connectivity index (χ0n) is 11.2. The van der Waals surface area contributed by atoms with Crippen molar-refractivity contribution in [3.8, 4) is 0 Å². The molecule has 1 aromatic carbocycles. The van der Waals surface area contributed by atoms with Gasteiger partial charge < -0.3 is 5.32 Å². The number of hydrogen-bond donors (Lipinski definition) is 2. The summed E-state index contributed by atoms with van der Waals surface area (Å²) in [4.78, 5) is 38.8. The van der Waals surface area contributed by atoms with Gasteiger partial charge in [-0.3, -0.25) is 19.5 Å². The van der Waals surface area contributed by atoms with Gasteiger partial charge >= 0.3 is 6.03 Å². The maximum Gasteiger partial charge on any atom is 0.321 e. The summed E-state index contributed by atoms with van der Waals surface area (Å²) in [7, 11) is 1.41. The molecule has 2 rings (SSSR count). The first kappa shape index (κ1) is 15.0. The van der Waals surface area contributed by atoms with Crippen molar-refractivity contribution in [3.63, 3.8) is 0 Å². The number of carbonyl (C=O) groups excluding carboxylic acids is 2. The second-order valence-electron chi connectivity index (χ2n) is 4.28. The highest BCUT2D eigenvalue weighted by atomic mass is 35.5. The molecule has 2 aromatic rings. The summed E-state index contributed by atoms with van der Waals surface area (Å²) in [5.41, 5.74) is 0.255. The predicted octanol–water partition coefficient (Wildman–Crippen LogP) is 0.896. The van der Waals surface area contributed by atoms with Gasteiger partial charge in [0.25, 0.3) is 5.56 Å². The largest absolute Gasteiger partial charge is 0.341 e. The highest BCUT2D eigenvalue weighted by Crippen LogP contribution is 2.14. The smallest absolute Gasteiger partial charge is 0.321 e. The number of rotatable bonds is 3. The minimum atomic E-state index is -0.587. The Labute approximate surface area is 124 Å². The number of fused-ring (bicyclic) bond motifs is 1. The molecule has 3 amide bonds. The maximum atomic E-state index is 12.2. The van der Waals surface area contributed by atoms with E-state index in [2.05, 4.69) is 15.6 Å². The first-order valence-corrected chi connectivity index (χ1v) is 6.55. The number of hydrogen-bond acceptors (Lipinski definition) is 4. The van der Waals surface area contributed by atoms with Crippen LogP contribution in [0.25, 0.3) is 10.9 Å². The van der Waals surface area contributed by atoms with Crippen LogP contribution in [0.15, 0.2) is 29.3 Å². The van der Waals surface area contributed by atoms with Gasteiger partial charge in [-0.15, -0.1) is 0 Å². The number of halogens is 1. The molecule has 0 fully saturated rings. The number of nitrogens with zero attached hydrogens (tertiary/aromatic N) is 2. The minimum absolute atomic E-state index is 0.0128. The van der Waals surface area contributed by atoms with Crippen LogP contribution in [-0.2, 0) is 11.3 Å². The van der Waals surface area contributed by atoms with E-state index in [1.54, 1.807) is 12.1 Å². The van der Waals surface area contributed by atoms with Gasteiger partial charge in [-0.05, 0) is 18.2 Å². The van der Waals surface area contributed by atoms with Crippen LogP contribution in [0, 0.1) is 0 Å².